The Hall–Kier alpha value is -4.02. The molecule has 0 saturated carbocycles. The summed E-state index contributed by atoms with van der Waals surface area (Å²) in [5, 5.41) is 1.07. The Kier molecular flexibility index (Phi) is 4.67. The average Bonchev–Trinajstić information content (AvgIpc) is 3.55. The maximum absolute atomic E-state index is 5.08. The summed E-state index contributed by atoms with van der Waals surface area (Å²) in [7, 11) is 0. The first kappa shape index (κ1) is 20.4. The van der Waals surface area contributed by atoms with Gasteiger partial charge < -0.3 is 0 Å². The van der Waals surface area contributed by atoms with Crippen molar-refractivity contribution in [3.63, 3.8) is 0 Å². The zero-order valence-electron chi connectivity index (χ0n) is 19.3. The molecule has 0 bridgehead atoms. The van der Waals surface area contributed by atoms with Crippen LogP contribution in [0.15, 0.2) is 109 Å². The minimum atomic E-state index is 0.487. The van der Waals surface area contributed by atoms with E-state index in [9.17, 15) is 0 Å². The Morgan fingerprint density at radius 1 is 0.800 bits per heavy atom. The Morgan fingerprint density at radius 2 is 1.57 bits per heavy atom. The average molecular weight is 470 g/mol. The van der Waals surface area contributed by atoms with E-state index in [4.69, 9.17) is 9.97 Å². The first-order valence-corrected chi connectivity index (χ1v) is 12.8. The molecule has 0 N–H and O–H groups in total. The van der Waals surface area contributed by atoms with Crippen molar-refractivity contribution >= 4 is 38.9 Å². The number of para-hydroxylation sites is 3. The summed E-state index contributed by atoms with van der Waals surface area (Å²) in [5.74, 6) is 1.40. The van der Waals surface area contributed by atoms with Gasteiger partial charge in [0.05, 0.1) is 16.6 Å². The lowest BCUT2D eigenvalue weighted by Crippen LogP contribution is -1.97. The van der Waals surface area contributed by atoms with Crippen LogP contribution in [0.25, 0.3) is 49.4 Å². The molecule has 3 heterocycles. The monoisotopic (exact) mass is 469 g/mol. The zero-order valence-corrected chi connectivity index (χ0v) is 20.2. The highest BCUT2D eigenvalue weighted by atomic mass is 32.1. The van der Waals surface area contributed by atoms with E-state index in [2.05, 4.69) is 96.3 Å². The summed E-state index contributed by atoms with van der Waals surface area (Å²) in [5.41, 5.74) is 7.65. The lowest BCUT2D eigenvalue weighted by molar-refractivity contribution is 0.864. The molecule has 0 saturated heterocycles. The van der Waals surface area contributed by atoms with Gasteiger partial charge >= 0.3 is 0 Å². The van der Waals surface area contributed by atoms with Gasteiger partial charge in [-0.05, 0) is 55.3 Å². The molecule has 4 heteroatoms. The number of thiophene rings is 1. The van der Waals surface area contributed by atoms with Gasteiger partial charge in [-0.2, -0.15) is 0 Å². The van der Waals surface area contributed by atoms with Gasteiger partial charge in [-0.3, -0.25) is 4.40 Å². The highest BCUT2D eigenvalue weighted by Crippen LogP contribution is 2.37. The first-order valence-electron chi connectivity index (χ1n) is 12.0. The number of nitrogens with zero attached hydrogens (tertiary/aromatic N) is 3. The largest absolute Gasteiger partial charge is 0.276 e. The molecular formula is C31H23N3S. The topological polar surface area (TPSA) is 30.2 Å². The van der Waals surface area contributed by atoms with Crippen molar-refractivity contribution < 1.29 is 0 Å². The standard InChI is InChI=1S/C31H23N3S/c1-20-10-12-21(13-11-20)28-18-19-29(35-28)22-14-16-23(17-15-22)30-32-25-7-3-2-6-24(25)31-33-26-8-4-5-9-27(26)34(30)31/h2-12,14-19,21H,13H2,1H3. The van der Waals surface area contributed by atoms with Gasteiger partial charge in [0, 0.05) is 26.6 Å². The van der Waals surface area contributed by atoms with Crippen molar-refractivity contribution in [2.45, 2.75) is 19.3 Å². The van der Waals surface area contributed by atoms with Gasteiger partial charge in [0.25, 0.3) is 0 Å². The van der Waals surface area contributed by atoms with E-state index in [0.29, 0.717) is 5.92 Å². The lowest BCUT2D eigenvalue weighted by Gasteiger charge is -2.12. The third kappa shape index (κ3) is 3.41. The molecule has 168 valence electrons. The quantitative estimate of drug-likeness (QED) is 0.260. The maximum Gasteiger partial charge on any atom is 0.149 e. The van der Waals surface area contributed by atoms with E-state index >= 15 is 0 Å². The van der Waals surface area contributed by atoms with Crippen LogP contribution in [0.1, 0.15) is 24.1 Å². The van der Waals surface area contributed by atoms with Crippen LogP contribution in [0.2, 0.25) is 0 Å². The molecule has 1 aliphatic rings. The van der Waals surface area contributed by atoms with Crippen LogP contribution in [0, 0.1) is 0 Å². The predicted octanol–water partition coefficient (Wildman–Crippen LogP) is 8.42. The number of hydrogen-bond acceptors (Lipinski definition) is 3. The van der Waals surface area contributed by atoms with Gasteiger partial charge in [-0.15, -0.1) is 11.3 Å². The normalized spacial score (nSPS) is 15.8. The second-order valence-electron chi connectivity index (χ2n) is 9.14. The molecule has 6 aromatic rings. The number of allylic oxidation sites excluding steroid dienone is 4. The summed E-state index contributed by atoms with van der Waals surface area (Å²) >= 11 is 1.89. The number of fused-ring (bicyclic) bond motifs is 5. The first-order chi connectivity index (χ1) is 17.2. The van der Waals surface area contributed by atoms with Crippen LogP contribution in [-0.4, -0.2) is 14.4 Å². The van der Waals surface area contributed by atoms with E-state index < -0.39 is 0 Å². The van der Waals surface area contributed by atoms with Crippen molar-refractivity contribution in [2.75, 3.05) is 0 Å². The van der Waals surface area contributed by atoms with Crippen LogP contribution in [-0.2, 0) is 0 Å². The van der Waals surface area contributed by atoms with Crippen molar-refractivity contribution in [3.8, 4) is 21.8 Å². The fraction of sp³-hybridized carbons (Fsp3) is 0.0968. The summed E-state index contributed by atoms with van der Waals surface area (Å²) in [6.07, 6.45) is 7.99. The summed E-state index contributed by atoms with van der Waals surface area (Å²) < 4.78 is 2.20. The third-order valence-corrected chi connectivity index (χ3v) is 8.12. The van der Waals surface area contributed by atoms with E-state index in [-0.39, 0.29) is 0 Å². The van der Waals surface area contributed by atoms with Crippen molar-refractivity contribution in [1.82, 2.24) is 14.4 Å². The summed E-state index contributed by atoms with van der Waals surface area (Å²) in [6, 6.07) is 29.9. The van der Waals surface area contributed by atoms with E-state index in [1.165, 1.54) is 20.9 Å². The van der Waals surface area contributed by atoms with E-state index in [1.54, 1.807) is 0 Å². The molecule has 0 aliphatic heterocycles. The summed E-state index contributed by atoms with van der Waals surface area (Å²) in [4.78, 5) is 12.8. The van der Waals surface area contributed by atoms with Gasteiger partial charge in [0.15, 0.2) is 0 Å². The molecule has 0 radical (unpaired) electrons. The number of rotatable bonds is 3. The van der Waals surface area contributed by atoms with Gasteiger partial charge in [0.1, 0.15) is 11.5 Å². The fourth-order valence-corrected chi connectivity index (χ4v) is 6.07. The highest BCUT2D eigenvalue weighted by molar-refractivity contribution is 7.15. The predicted molar refractivity (Wildman–Crippen MR) is 147 cm³/mol. The van der Waals surface area contributed by atoms with Crippen molar-refractivity contribution in [1.29, 1.82) is 0 Å². The molecule has 35 heavy (non-hydrogen) atoms. The number of aromatic nitrogens is 3. The van der Waals surface area contributed by atoms with Crippen molar-refractivity contribution in [2.24, 2.45) is 0 Å². The molecule has 0 fully saturated rings. The molecule has 1 atom stereocenters. The number of benzene rings is 3. The Balaban J connectivity index is 1.32. The van der Waals surface area contributed by atoms with E-state index in [1.807, 2.05) is 29.5 Å². The molecule has 0 amide bonds. The van der Waals surface area contributed by atoms with Gasteiger partial charge in [0.2, 0.25) is 0 Å². The lowest BCUT2D eigenvalue weighted by atomic mass is 9.96. The summed E-state index contributed by atoms with van der Waals surface area (Å²) in [6.45, 7) is 2.17. The molecule has 1 unspecified atom stereocenters. The highest BCUT2D eigenvalue weighted by Gasteiger charge is 2.16. The Bertz CT molecular complexity index is 1780. The minimum Gasteiger partial charge on any atom is -0.276 e. The third-order valence-electron chi connectivity index (χ3n) is 6.85. The Labute approximate surface area is 207 Å². The maximum atomic E-state index is 5.08. The minimum absolute atomic E-state index is 0.487. The molecule has 7 rings (SSSR count). The molecular weight excluding hydrogens is 446 g/mol. The Morgan fingerprint density at radius 3 is 2.40 bits per heavy atom. The molecule has 1 aliphatic carbocycles. The van der Waals surface area contributed by atoms with Crippen molar-refractivity contribution in [3.05, 3.63) is 114 Å². The second kappa shape index (κ2) is 8.03. The van der Waals surface area contributed by atoms with Gasteiger partial charge in [-0.1, -0.05) is 72.3 Å². The zero-order chi connectivity index (χ0) is 23.4. The van der Waals surface area contributed by atoms with Crippen LogP contribution in [0.5, 0.6) is 0 Å². The van der Waals surface area contributed by atoms with Crippen LogP contribution < -0.4 is 0 Å². The van der Waals surface area contributed by atoms with E-state index in [0.717, 1.165) is 45.4 Å². The molecule has 3 nitrogen and oxygen atoms in total. The van der Waals surface area contributed by atoms with Crippen LogP contribution in [0.3, 0.4) is 0 Å². The smallest absolute Gasteiger partial charge is 0.149 e. The van der Waals surface area contributed by atoms with Crippen LogP contribution in [0.4, 0.5) is 0 Å². The number of imidazole rings is 1. The fourth-order valence-electron chi connectivity index (χ4n) is 4.97. The molecule has 0 spiro atoms. The molecule has 3 aromatic carbocycles. The second-order valence-corrected chi connectivity index (χ2v) is 10.3. The van der Waals surface area contributed by atoms with Crippen LogP contribution >= 0.6 is 11.3 Å². The van der Waals surface area contributed by atoms with Gasteiger partial charge in [-0.25, -0.2) is 9.97 Å². The molecule has 3 aromatic heterocycles. The SMILES string of the molecule is CC1=CCC(c2ccc(-c3ccc(-c4nc5ccccc5c5nc6ccccc6n45)cc3)s2)C=C1. The number of hydrogen-bond donors (Lipinski definition) is 0.